The van der Waals surface area contributed by atoms with Gasteiger partial charge in [-0.15, -0.1) is 6.42 Å². The second kappa shape index (κ2) is 5.63. The molecule has 0 aliphatic carbocycles. The number of amides is 1. The van der Waals surface area contributed by atoms with Gasteiger partial charge >= 0.3 is 5.76 Å². The molecule has 2 rings (SSSR count). The first kappa shape index (κ1) is 13.2. The van der Waals surface area contributed by atoms with Crippen molar-refractivity contribution in [1.29, 1.82) is 0 Å². The highest BCUT2D eigenvalue weighted by molar-refractivity contribution is 6.31. The third kappa shape index (κ3) is 2.98. The molecule has 6 heteroatoms. The van der Waals surface area contributed by atoms with E-state index in [0.29, 0.717) is 16.1 Å². The number of halogens is 1. The minimum atomic E-state index is -0.512. The molecule has 0 saturated carbocycles. The summed E-state index contributed by atoms with van der Waals surface area (Å²) in [5.74, 6) is 1.58. The molecule has 0 aliphatic heterocycles. The van der Waals surface area contributed by atoms with Crippen molar-refractivity contribution >= 4 is 28.6 Å². The lowest BCUT2D eigenvalue weighted by Crippen LogP contribution is -2.26. The maximum absolute atomic E-state index is 11.7. The Kier molecular flexibility index (Phi) is 3.93. The highest BCUT2D eigenvalue weighted by Crippen LogP contribution is 2.18. The van der Waals surface area contributed by atoms with Crippen molar-refractivity contribution in [3.05, 3.63) is 33.8 Å². The van der Waals surface area contributed by atoms with Crippen molar-refractivity contribution < 1.29 is 9.21 Å². The molecule has 0 radical (unpaired) electrons. The van der Waals surface area contributed by atoms with Gasteiger partial charge in [-0.1, -0.05) is 17.5 Å². The summed E-state index contributed by atoms with van der Waals surface area (Å²) in [6.07, 6.45) is 5.18. The molecule has 98 valence electrons. The number of terminal acetylenes is 1. The zero-order valence-electron chi connectivity index (χ0n) is 9.98. The maximum Gasteiger partial charge on any atom is 0.419 e. The van der Waals surface area contributed by atoms with E-state index in [2.05, 4.69) is 11.2 Å². The summed E-state index contributed by atoms with van der Waals surface area (Å²) in [7, 11) is 0. The van der Waals surface area contributed by atoms with Crippen molar-refractivity contribution in [3.63, 3.8) is 0 Å². The third-order valence-electron chi connectivity index (χ3n) is 2.58. The Bertz CT molecular complexity index is 709. The van der Waals surface area contributed by atoms with Crippen LogP contribution in [-0.4, -0.2) is 17.0 Å². The summed E-state index contributed by atoms with van der Waals surface area (Å²) in [5.41, 5.74) is 1.01. The van der Waals surface area contributed by atoms with Crippen molar-refractivity contribution in [2.24, 2.45) is 0 Å². The molecule has 0 atom stereocenters. The van der Waals surface area contributed by atoms with Gasteiger partial charge in [-0.05, 0) is 12.1 Å². The SMILES string of the molecule is C#CCNC(=O)CCn1c(=O)oc2cc(Cl)ccc21. The average Bonchev–Trinajstić information content (AvgIpc) is 2.68. The van der Waals surface area contributed by atoms with Crippen LogP contribution in [0.2, 0.25) is 5.02 Å². The van der Waals surface area contributed by atoms with Crippen LogP contribution < -0.4 is 11.1 Å². The summed E-state index contributed by atoms with van der Waals surface area (Å²) in [4.78, 5) is 23.1. The van der Waals surface area contributed by atoms with E-state index < -0.39 is 5.76 Å². The summed E-state index contributed by atoms with van der Waals surface area (Å²) in [6, 6.07) is 4.91. The van der Waals surface area contributed by atoms with Crippen LogP contribution in [0.15, 0.2) is 27.4 Å². The molecule has 2 aromatic rings. The Morgan fingerprint density at radius 1 is 1.53 bits per heavy atom. The van der Waals surface area contributed by atoms with Crippen LogP contribution in [-0.2, 0) is 11.3 Å². The lowest BCUT2D eigenvalue weighted by molar-refractivity contribution is -0.121. The van der Waals surface area contributed by atoms with Gasteiger partial charge < -0.3 is 9.73 Å². The molecule has 0 spiro atoms. The third-order valence-corrected chi connectivity index (χ3v) is 2.82. The Morgan fingerprint density at radius 3 is 3.05 bits per heavy atom. The molecule has 1 amide bonds. The molecule has 19 heavy (non-hydrogen) atoms. The van der Waals surface area contributed by atoms with Crippen molar-refractivity contribution in [2.45, 2.75) is 13.0 Å². The number of rotatable bonds is 4. The normalized spacial score (nSPS) is 10.3. The number of oxazole rings is 1. The van der Waals surface area contributed by atoms with E-state index >= 15 is 0 Å². The van der Waals surface area contributed by atoms with Gasteiger partial charge in [0.2, 0.25) is 5.91 Å². The van der Waals surface area contributed by atoms with Crippen molar-refractivity contribution in [1.82, 2.24) is 9.88 Å². The molecule has 0 fully saturated rings. The fraction of sp³-hybridized carbons (Fsp3) is 0.231. The molecule has 1 heterocycles. The Balaban J connectivity index is 2.17. The quantitative estimate of drug-likeness (QED) is 0.860. The predicted molar refractivity (Wildman–Crippen MR) is 71.9 cm³/mol. The Labute approximate surface area is 114 Å². The lowest BCUT2D eigenvalue weighted by atomic mass is 10.3. The number of fused-ring (bicyclic) bond motifs is 1. The second-order valence-corrected chi connectivity index (χ2v) is 4.30. The Hall–Kier alpha value is -2.19. The molecule has 5 nitrogen and oxygen atoms in total. The first-order valence-corrected chi connectivity index (χ1v) is 5.98. The fourth-order valence-corrected chi connectivity index (χ4v) is 1.87. The van der Waals surface area contributed by atoms with Crippen LogP contribution in [0.5, 0.6) is 0 Å². The monoisotopic (exact) mass is 278 g/mol. The summed E-state index contributed by atoms with van der Waals surface area (Å²) in [5, 5.41) is 3.02. The first-order valence-electron chi connectivity index (χ1n) is 5.61. The van der Waals surface area contributed by atoms with E-state index in [1.54, 1.807) is 18.2 Å². The summed E-state index contributed by atoms with van der Waals surface area (Å²) in [6.45, 7) is 0.402. The average molecular weight is 279 g/mol. The van der Waals surface area contributed by atoms with Crippen LogP contribution in [0.3, 0.4) is 0 Å². The van der Waals surface area contributed by atoms with Crippen LogP contribution in [0.4, 0.5) is 0 Å². The van der Waals surface area contributed by atoms with Crippen molar-refractivity contribution in [3.8, 4) is 12.3 Å². The van der Waals surface area contributed by atoms with Crippen LogP contribution in [0.25, 0.3) is 11.1 Å². The highest BCUT2D eigenvalue weighted by atomic mass is 35.5. The smallest absolute Gasteiger partial charge is 0.408 e. The molecular weight excluding hydrogens is 268 g/mol. The minimum Gasteiger partial charge on any atom is -0.408 e. The van der Waals surface area contributed by atoms with Gasteiger partial charge in [-0.2, -0.15) is 0 Å². The number of nitrogens with one attached hydrogen (secondary N) is 1. The van der Waals surface area contributed by atoms with Gasteiger partial charge in [0.1, 0.15) is 0 Å². The van der Waals surface area contributed by atoms with Gasteiger partial charge in [-0.25, -0.2) is 4.79 Å². The molecule has 1 N–H and O–H groups in total. The number of benzene rings is 1. The van der Waals surface area contributed by atoms with Crippen LogP contribution in [0.1, 0.15) is 6.42 Å². The predicted octanol–water partition coefficient (Wildman–Crippen LogP) is 1.39. The number of carbonyl (C=O) groups is 1. The molecular formula is C13H11ClN2O3. The van der Waals surface area contributed by atoms with E-state index in [4.69, 9.17) is 22.4 Å². The van der Waals surface area contributed by atoms with E-state index in [9.17, 15) is 9.59 Å². The van der Waals surface area contributed by atoms with Gasteiger partial charge in [-0.3, -0.25) is 9.36 Å². The number of hydrogen-bond acceptors (Lipinski definition) is 3. The second-order valence-electron chi connectivity index (χ2n) is 3.86. The summed E-state index contributed by atoms with van der Waals surface area (Å²) >= 11 is 5.81. The molecule has 1 aromatic heterocycles. The molecule has 0 unspecified atom stereocenters. The number of carbonyl (C=O) groups excluding carboxylic acids is 1. The van der Waals surface area contributed by atoms with Gasteiger partial charge in [0.05, 0.1) is 12.1 Å². The highest BCUT2D eigenvalue weighted by Gasteiger charge is 2.10. The largest absolute Gasteiger partial charge is 0.419 e. The standard InChI is InChI=1S/C13H11ClN2O3/c1-2-6-15-12(17)5-7-16-10-4-3-9(14)8-11(10)19-13(16)18/h1,3-4,8H,5-7H2,(H,15,17). The zero-order valence-corrected chi connectivity index (χ0v) is 10.7. The zero-order chi connectivity index (χ0) is 13.8. The van der Waals surface area contributed by atoms with E-state index in [0.717, 1.165) is 0 Å². The summed E-state index contributed by atoms with van der Waals surface area (Å²) < 4.78 is 6.44. The number of aryl methyl sites for hydroxylation is 1. The van der Waals surface area contributed by atoms with E-state index in [1.807, 2.05) is 0 Å². The molecule has 0 aliphatic rings. The number of hydrogen-bond donors (Lipinski definition) is 1. The lowest BCUT2D eigenvalue weighted by Gasteiger charge is -2.02. The van der Waals surface area contributed by atoms with Crippen molar-refractivity contribution in [2.75, 3.05) is 6.54 Å². The fourth-order valence-electron chi connectivity index (χ4n) is 1.70. The van der Waals surface area contributed by atoms with Crippen LogP contribution in [0, 0.1) is 12.3 Å². The molecule has 1 aromatic carbocycles. The first-order chi connectivity index (χ1) is 9.11. The minimum absolute atomic E-state index is 0.152. The van der Waals surface area contributed by atoms with E-state index in [-0.39, 0.29) is 25.4 Å². The number of aromatic nitrogens is 1. The van der Waals surface area contributed by atoms with Gasteiger partial charge in [0, 0.05) is 24.1 Å². The number of nitrogens with zero attached hydrogens (tertiary/aromatic N) is 1. The van der Waals surface area contributed by atoms with Crippen LogP contribution >= 0.6 is 11.6 Å². The molecule has 0 bridgehead atoms. The molecule has 0 saturated heterocycles. The Morgan fingerprint density at radius 2 is 2.32 bits per heavy atom. The topological polar surface area (TPSA) is 64.2 Å². The van der Waals surface area contributed by atoms with Gasteiger partial charge in [0.15, 0.2) is 5.58 Å². The van der Waals surface area contributed by atoms with Gasteiger partial charge in [0.25, 0.3) is 0 Å². The maximum atomic E-state index is 11.7. The van der Waals surface area contributed by atoms with E-state index in [1.165, 1.54) is 4.57 Å².